The Hall–Kier alpha value is -1.49. The Balaban J connectivity index is 2.03. The Morgan fingerprint density at radius 2 is 1.68 bits per heavy atom. The fourth-order valence-corrected chi connectivity index (χ4v) is 2.53. The van der Waals surface area contributed by atoms with E-state index in [4.69, 9.17) is 4.42 Å². The average Bonchev–Trinajstić information content (AvgIpc) is 2.81. The first-order chi connectivity index (χ1) is 9.13. The maximum Gasteiger partial charge on any atom is 0.135 e. The highest BCUT2D eigenvalue weighted by Crippen LogP contribution is 2.29. The molecule has 0 fully saturated rings. The van der Waals surface area contributed by atoms with Gasteiger partial charge in [0.1, 0.15) is 11.3 Å². The smallest absolute Gasteiger partial charge is 0.135 e. The van der Waals surface area contributed by atoms with Crippen molar-refractivity contribution >= 4 is 39.2 Å². The van der Waals surface area contributed by atoms with Crippen molar-refractivity contribution in [2.75, 3.05) is 19.0 Å². The van der Waals surface area contributed by atoms with Gasteiger partial charge in [-0.05, 0) is 65.1 Å². The monoisotopic (exact) mass is 361 g/mol. The van der Waals surface area contributed by atoms with E-state index in [9.17, 15) is 0 Å². The minimum atomic E-state index is 0.919. The van der Waals surface area contributed by atoms with E-state index in [1.807, 2.05) is 14.1 Å². The summed E-state index contributed by atoms with van der Waals surface area (Å²) in [7, 11) is 4.08. The van der Waals surface area contributed by atoms with Crippen LogP contribution in [0, 0.1) is 3.57 Å². The molecule has 19 heavy (non-hydrogen) atoms. The Morgan fingerprint density at radius 3 is 2.37 bits per heavy atom. The summed E-state index contributed by atoms with van der Waals surface area (Å²) in [5, 5.41) is 1.15. The number of rotatable bonds is 2. The van der Waals surface area contributed by atoms with Crippen molar-refractivity contribution in [3.05, 3.63) is 52.1 Å². The van der Waals surface area contributed by atoms with Gasteiger partial charge in [0.2, 0.25) is 0 Å². The summed E-state index contributed by atoms with van der Waals surface area (Å²) in [5.74, 6) is 0.919. The highest BCUT2D eigenvalue weighted by atomic mass is 125. The van der Waals surface area contributed by atoms with Crippen molar-refractivity contribution in [1.82, 2.24) is 0 Å². The molecule has 1 aromatic heterocycles. The Bertz CT molecular complexity index is 713. The number of hydrogen-bond acceptors (Lipinski definition) is 2. The molecule has 2 aromatic carbocycles. The van der Waals surface area contributed by atoms with Crippen LogP contribution in [-0.2, 0) is 0 Å². The minimum absolute atomic E-state index is 0.919. The molecule has 1 heterocycles. The molecule has 0 radical (unpaired) electrons. The first kappa shape index (κ1) is 12.5. The van der Waals surface area contributed by atoms with E-state index < -0.39 is 0 Å². The highest BCUT2D eigenvalue weighted by molar-refractivity contribution is 14.1. The van der Waals surface area contributed by atoms with Gasteiger partial charge in [0.05, 0.1) is 0 Å². The van der Waals surface area contributed by atoms with Crippen molar-refractivity contribution < 1.29 is 4.42 Å². The third kappa shape index (κ3) is 2.47. The second-order valence-corrected chi connectivity index (χ2v) is 5.98. The molecular formula is C16H14INO. The van der Waals surface area contributed by atoms with E-state index >= 15 is 0 Å². The van der Waals surface area contributed by atoms with Crippen LogP contribution < -0.4 is 4.90 Å². The van der Waals surface area contributed by atoms with Gasteiger partial charge in [0, 0.05) is 34.3 Å². The van der Waals surface area contributed by atoms with Gasteiger partial charge in [-0.25, -0.2) is 0 Å². The summed E-state index contributed by atoms with van der Waals surface area (Å²) in [6.07, 6.45) is 0. The predicted octanol–water partition coefficient (Wildman–Crippen LogP) is 4.77. The number of halogens is 1. The zero-order chi connectivity index (χ0) is 13.4. The number of hydrogen-bond donors (Lipinski definition) is 0. The zero-order valence-corrected chi connectivity index (χ0v) is 13.0. The van der Waals surface area contributed by atoms with Crippen LogP contribution in [0.3, 0.4) is 0 Å². The number of furan rings is 1. The summed E-state index contributed by atoms with van der Waals surface area (Å²) < 4.78 is 7.11. The molecule has 0 unspecified atom stereocenters. The van der Waals surface area contributed by atoms with Crippen LogP contribution in [0.15, 0.2) is 52.9 Å². The molecule has 0 spiro atoms. The molecule has 0 aliphatic heterocycles. The molecule has 0 atom stereocenters. The standard InChI is InChI=1S/C16H14INO/c1-18(2)14-7-4-11(5-8-14)15-9-12-3-6-13(17)10-16(12)19-15/h3-10H,1-2H3/i17-2. The number of benzene rings is 2. The second-order valence-electron chi connectivity index (χ2n) is 4.73. The number of anilines is 1. The van der Waals surface area contributed by atoms with Gasteiger partial charge in [-0.1, -0.05) is 6.07 Å². The Morgan fingerprint density at radius 1 is 0.947 bits per heavy atom. The minimum Gasteiger partial charge on any atom is -0.456 e. The quantitative estimate of drug-likeness (QED) is 0.612. The molecule has 96 valence electrons. The summed E-state index contributed by atoms with van der Waals surface area (Å²) in [5.41, 5.74) is 3.24. The number of fused-ring (bicyclic) bond motifs is 1. The molecule has 0 aliphatic rings. The third-order valence-corrected chi connectivity index (χ3v) is 3.82. The molecule has 0 bridgehead atoms. The molecule has 0 saturated carbocycles. The van der Waals surface area contributed by atoms with E-state index in [1.54, 1.807) is 0 Å². The van der Waals surface area contributed by atoms with Gasteiger partial charge in [-0.3, -0.25) is 0 Å². The Labute approximate surface area is 126 Å². The zero-order valence-electron chi connectivity index (χ0n) is 10.9. The molecule has 2 nitrogen and oxygen atoms in total. The maximum absolute atomic E-state index is 5.92. The first-order valence-electron chi connectivity index (χ1n) is 6.10. The molecule has 0 amide bonds. The second kappa shape index (κ2) is 4.89. The molecule has 0 N–H and O–H groups in total. The van der Waals surface area contributed by atoms with Crippen LogP contribution in [0.4, 0.5) is 5.69 Å². The van der Waals surface area contributed by atoms with Crippen LogP contribution in [0.1, 0.15) is 0 Å². The van der Waals surface area contributed by atoms with Gasteiger partial charge < -0.3 is 9.32 Å². The fraction of sp³-hybridized carbons (Fsp3) is 0.125. The summed E-state index contributed by atoms with van der Waals surface area (Å²) >= 11 is 2.30. The lowest BCUT2D eigenvalue weighted by molar-refractivity contribution is 0.631. The van der Waals surface area contributed by atoms with E-state index in [0.29, 0.717) is 0 Å². The van der Waals surface area contributed by atoms with Gasteiger partial charge in [0.25, 0.3) is 0 Å². The third-order valence-electron chi connectivity index (χ3n) is 3.15. The van der Waals surface area contributed by atoms with Crippen LogP contribution in [0.5, 0.6) is 0 Å². The van der Waals surface area contributed by atoms with Crippen LogP contribution in [0.25, 0.3) is 22.3 Å². The average molecular weight is 361 g/mol. The fourth-order valence-electron chi connectivity index (χ4n) is 2.07. The lowest BCUT2D eigenvalue weighted by Crippen LogP contribution is -2.07. The van der Waals surface area contributed by atoms with Gasteiger partial charge in [-0.15, -0.1) is 0 Å². The molecular weight excluding hydrogens is 347 g/mol. The van der Waals surface area contributed by atoms with Gasteiger partial charge in [-0.2, -0.15) is 0 Å². The van der Waals surface area contributed by atoms with E-state index in [-0.39, 0.29) is 0 Å². The predicted molar refractivity (Wildman–Crippen MR) is 88.7 cm³/mol. The Kier molecular flexibility index (Phi) is 3.22. The molecule has 3 rings (SSSR count). The van der Waals surface area contributed by atoms with Crippen molar-refractivity contribution in [1.29, 1.82) is 0 Å². The summed E-state index contributed by atoms with van der Waals surface area (Å²) in [4.78, 5) is 2.09. The van der Waals surface area contributed by atoms with E-state index in [0.717, 1.165) is 22.3 Å². The summed E-state index contributed by atoms with van der Waals surface area (Å²) in [6, 6.07) is 16.7. The van der Waals surface area contributed by atoms with Crippen LogP contribution in [-0.4, -0.2) is 14.1 Å². The van der Waals surface area contributed by atoms with Gasteiger partial charge >= 0.3 is 0 Å². The lowest BCUT2D eigenvalue weighted by atomic mass is 10.1. The molecule has 0 aliphatic carbocycles. The van der Waals surface area contributed by atoms with E-state index in [2.05, 4.69) is 76.0 Å². The molecule has 0 saturated heterocycles. The van der Waals surface area contributed by atoms with Gasteiger partial charge in [0.15, 0.2) is 0 Å². The highest BCUT2D eigenvalue weighted by Gasteiger charge is 2.06. The van der Waals surface area contributed by atoms with Crippen molar-refractivity contribution in [3.8, 4) is 11.3 Å². The van der Waals surface area contributed by atoms with Crippen molar-refractivity contribution in [2.45, 2.75) is 0 Å². The molecule has 3 aromatic rings. The largest absolute Gasteiger partial charge is 0.456 e. The van der Waals surface area contributed by atoms with Crippen molar-refractivity contribution in [3.63, 3.8) is 0 Å². The summed E-state index contributed by atoms with van der Waals surface area (Å²) in [6.45, 7) is 0. The SMILES string of the molecule is CN(C)c1ccc(-c2cc3ccc([125I])cc3o2)cc1. The van der Waals surface area contributed by atoms with Crippen molar-refractivity contribution in [2.24, 2.45) is 0 Å². The lowest BCUT2D eigenvalue weighted by Gasteiger charge is -2.11. The molecule has 3 heteroatoms. The van der Waals surface area contributed by atoms with Crippen LogP contribution in [0.2, 0.25) is 0 Å². The number of nitrogens with zero attached hydrogens (tertiary/aromatic N) is 1. The van der Waals surface area contributed by atoms with E-state index in [1.165, 1.54) is 9.26 Å². The topological polar surface area (TPSA) is 16.4 Å². The first-order valence-corrected chi connectivity index (χ1v) is 7.18. The van der Waals surface area contributed by atoms with Crippen LogP contribution >= 0.6 is 22.6 Å². The maximum atomic E-state index is 5.92. The normalized spacial score (nSPS) is 10.9.